The maximum absolute atomic E-state index is 13.2. The highest BCUT2D eigenvalue weighted by molar-refractivity contribution is 6.34. The number of aryl methyl sites for hydroxylation is 3. The summed E-state index contributed by atoms with van der Waals surface area (Å²) in [5, 5.41) is 11.0. The molecule has 0 spiro atoms. The van der Waals surface area contributed by atoms with Gasteiger partial charge in [-0.05, 0) is 62.2 Å². The predicted octanol–water partition coefficient (Wildman–Crippen LogP) is 4.82. The van der Waals surface area contributed by atoms with Gasteiger partial charge in [-0.1, -0.05) is 41.4 Å². The molecular weight excluding hydrogens is 471 g/mol. The van der Waals surface area contributed by atoms with Crippen molar-refractivity contribution < 1.29 is 18.8 Å². The summed E-state index contributed by atoms with van der Waals surface area (Å²) in [6.45, 7) is 5.46. The van der Waals surface area contributed by atoms with E-state index in [1.807, 2.05) is 32.9 Å². The second kappa shape index (κ2) is 11.5. The first-order valence-electron chi connectivity index (χ1n) is 10.9. The van der Waals surface area contributed by atoms with Crippen LogP contribution in [0.3, 0.4) is 0 Å². The Morgan fingerprint density at radius 3 is 2.20 bits per heavy atom. The lowest BCUT2D eigenvalue weighted by molar-refractivity contribution is -0.122. The number of anilines is 3. The number of halogens is 2. The minimum absolute atomic E-state index is 0.0671. The Labute approximate surface area is 208 Å². The molecule has 3 aromatic rings. The predicted molar refractivity (Wildman–Crippen MR) is 137 cm³/mol. The summed E-state index contributed by atoms with van der Waals surface area (Å²) in [4.78, 5) is 37.3. The second-order valence-electron chi connectivity index (χ2n) is 8.08. The van der Waals surface area contributed by atoms with Gasteiger partial charge < -0.3 is 21.3 Å². The van der Waals surface area contributed by atoms with Crippen molar-refractivity contribution in [3.05, 3.63) is 87.7 Å². The number of hydrogen-bond acceptors (Lipinski definition) is 4. The number of carbonyl (C=O) groups is 3. The topological polar surface area (TPSA) is 99.3 Å². The van der Waals surface area contributed by atoms with Crippen molar-refractivity contribution in [3.63, 3.8) is 0 Å². The molecule has 35 heavy (non-hydrogen) atoms. The number of nitrogens with one attached hydrogen (secondary N) is 4. The third-order valence-corrected chi connectivity index (χ3v) is 5.49. The molecule has 182 valence electrons. The van der Waals surface area contributed by atoms with Crippen molar-refractivity contribution in [2.75, 3.05) is 29.0 Å². The maximum Gasteiger partial charge on any atom is 0.257 e. The van der Waals surface area contributed by atoms with Gasteiger partial charge in [0, 0.05) is 11.4 Å². The van der Waals surface area contributed by atoms with Crippen LogP contribution in [-0.4, -0.2) is 30.8 Å². The molecule has 0 aliphatic rings. The van der Waals surface area contributed by atoms with Gasteiger partial charge in [-0.3, -0.25) is 14.4 Å². The van der Waals surface area contributed by atoms with Crippen LogP contribution in [0.25, 0.3) is 0 Å². The maximum atomic E-state index is 13.2. The summed E-state index contributed by atoms with van der Waals surface area (Å²) >= 11 is 5.98. The van der Waals surface area contributed by atoms with Crippen molar-refractivity contribution in [1.82, 2.24) is 5.32 Å². The fourth-order valence-corrected chi connectivity index (χ4v) is 3.81. The zero-order valence-corrected chi connectivity index (χ0v) is 20.3. The molecule has 0 saturated heterocycles. The van der Waals surface area contributed by atoms with Crippen molar-refractivity contribution in [1.29, 1.82) is 0 Å². The van der Waals surface area contributed by atoms with E-state index in [0.29, 0.717) is 5.69 Å². The monoisotopic (exact) mass is 496 g/mol. The van der Waals surface area contributed by atoms with Gasteiger partial charge in [-0.25, -0.2) is 4.39 Å². The van der Waals surface area contributed by atoms with E-state index in [2.05, 4.69) is 21.3 Å². The number of para-hydroxylation sites is 1. The molecule has 0 unspecified atom stereocenters. The Bertz CT molecular complexity index is 1260. The van der Waals surface area contributed by atoms with E-state index in [9.17, 15) is 18.8 Å². The Balaban J connectivity index is 1.55. The first-order chi connectivity index (χ1) is 16.6. The largest absolute Gasteiger partial charge is 0.376 e. The highest BCUT2D eigenvalue weighted by Gasteiger charge is 2.15. The normalized spacial score (nSPS) is 10.4. The number of rotatable bonds is 8. The van der Waals surface area contributed by atoms with Crippen LogP contribution in [0, 0.1) is 26.6 Å². The van der Waals surface area contributed by atoms with E-state index in [-0.39, 0.29) is 35.3 Å². The van der Waals surface area contributed by atoms with Crippen LogP contribution in [0.4, 0.5) is 21.5 Å². The minimum atomic E-state index is -0.515. The van der Waals surface area contributed by atoms with Crippen LogP contribution in [0.15, 0.2) is 54.6 Å². The molecule has 0 saturated carbocycles. The highest BCUT2D eigenvalue weighted by atomic mass is 35.5. The Kier molecular flexibility index (Phi) is 8.43. The van der Waals surface area contributed by atoms with Crippen molar-refractivity contribution in [2.24, 2.45) is 0 Å². The quantitative estimate of drug-likeness (QED) is 0.359. The zero-order valence-electron chi connectivity index (χ0n) is 19.6. The van der Waals surface area contributed by atoms with Crippen LogP contribution >= 0.6 is 11.6 Å². The van der Waals surface area contributed by atoms with Crippen molar-refractivity contribution in [2.45, 2.75) is 20.8 Å². The minimum Gasteiger partial charge on any atom is -0.376 e. The van der Waals surface area contributed by atoms with E-state index < -0.39 is 17.6 Å². The highest BCUT2D eigenvalue weighted by Crippen LogP contribution is 2.24. The van der Waals surface area contributed by atoms with Gasteiger partial charge in [0.1, 0.15) is 5.82 Å². The molecule has 3 rings (SSSR count). The molecule has 4 N–H and O–H groups in total. The second-order valence-corrected chi connectivity index (χ2v) is 8.48. The fourth-order valence-electron chi connectivity index (χ4n) is 3.59. The molecule has 0 atom stereocenters. The van der Waals surface area contributed by atoms with Gasteiger partial charge >= 0.3 is 0 Å². The van der Waals surface area contributed by atoms with Gasteiger partial charge in [0.15, 0.2) is 0 Å². The van der Waals surface area contributed by atoms with E-state index in [4.69, 9.17) is 11.6 Å². The van der Waals surface area contributed by atoms with Gasteiger partial charge in [-0.2, -0.15) is 0 Å². The van der Waals surface area contributed by atoms with Crippen LogP contribution in [0.1, 0.15) is 27.0 Å². The SMILES string of the molecule is Cc1cc(C)c(NC(=O)CNC(=O)CNc2ccccc2C(=O)Nc2ccc(F)cc2Cl)c(C)c1. The van der Waals surface area contributed by atoms with E-state index in [1.54, 1.807) is 24.3 Å². The lowest BCUT2D eigenvalue weighted by Crippen LogP contribution is -2.36. The molecule has 0 aliphatic carbocycles. The van der Waals surface area contributed by atoms with Crippen LogP contribution in [0.2, 0.25) is 5.02 Å². The number of hydrogen-bond donors (Lipinski definition) is 4. The lowest BCUT2D eigenvalue weighted by Gasteiger charge is -2.14. The summed E-state index contributed by atoms with van der Waals surface area (Å²) in [5.41, 5.74) is 4.66. The molecular formula is C26H26ClFN4O3. The first kappa shape index (κ1) is 25.7. The van der Waals surface area contributed by atoms with E-state index in [0.717, 1.165) is 28.4 Å². The van der Waals surface area contributed by atoms with Gasteiger partial charge in [0.25, 0.3) is 5.91 Å². The average Bonchev–Trinajstić information content (AvgIpc) is 2.80. The molecule has 3 aromatic carbocycles. The molecule has 9 heteroatoms. The Hall–Kier alpha value is -3.91. The zero-order chi connectivity index (χ0) is 25.5. The van der Waals surface area contributed by atoms with Crippen LogP contribution < -0.4 is 21.3 Å². The van der Waals surface area contributed by atoms with Crippen LogP contribution in [0.5, 0.6) is 0 Å². The molecule has 0 bridgehead atoms. The number of carbonyl (C=O) groups excluding carboxylic acids is 3. The molecule has 0 heterocycles. The third-order valence-electron chi connectivity index (χ3n) is 5.18. The van der Waals surface area contributed by atoms with E-state index >= 15 is 0 Å². The summed E-state index contributed by atoms with van der Waals surface area (Å²) in [7, 11) is 0. The molecule has 0 fully saturated rings. The Morgan fingerprint density at radius 1 is 0.829 bits per heavy atom. The number of benzene rings is 3. The smallest absolute Gasteiger partial charge is 0.257 e. The average molecular weight is 497 g/mol. The summed E-state index contributed by atoms with van der Waals surface area (Å²) in [6, 6.07) is 14.2. The molecule has 0 radical (unpaired) electrons. The standard InChI is InChI=1S/C26H26ClFN4O3/c1-15-10-16(2)25(17(3)11-15)32-24(34)14-30-23(33)13-29-21-7-5-4-6-19(21)26(35)31-22-9-8-18(28)12-20(22)27/h4-12,29H,13-14H2,1-3H3,(H,30,33)(H,31,35)(H,32,34). The fraction of sp³-hybridized carbons (Fsp3) is 0.192. The molecule has 0 aromatic heterocycles. The summed E-state index contributed by atoms with van der Waals surface area (Å²) < 4.78 is 13.2. The van der Waals surface area contributed by atoms with Gasteiger partial charge in [-0.15, -0.1) is 0 Å². The Morgan fingerprint density at radius 2 is 1.51 bits per heavy atom. The lowest BCUT2D eigenvalue weighted by atomic mass is 10.1. The number of amides is 3. The first-order valence-corrected chi connectivity index (χ1v) is 11.3. The van der Waals surface area contributed by atoms with Gasteiger partial charge in [0.05, 0.1) is 29.4 Å². The van der Waals surface area contributed by atoms with E-state index in [1.165, 1.54) is 12.1 Å². The molecule has 7 nitrogen and oxygen atoms in total. The molecule has 3 amide bonds. The summed E-state index contributed by atoms with van der Waals surface area (Å²) in [6.07, 6.45) is 0. The van der Waals surface area contributed by atoms with Gasteiger partial charge in [0.2, 0.25) is 11.8 Å². The molecule has 0 aliphatic heterocycles. The third kappa shape index (κ3) is 7.04. The van der Waals surface area contributed by atoms with Crippen molar-refractivity contribution >= 4 is 46.4 Å². The van der Waals surface area contributed by atoms with Crippen molar-refractivity contribution in [3.8, 4) is 0 Å². The van der Waals surface area contributed by atoms with Crippen LogP contribution in [-0.2, 0) is 9.59 Å². The summed E-state index contributed by atoms with van der Waals surface area (Å²) in [5.74, 6) is -1.76.